The Morgan fingerprint density at radius 1 is 1.20 bits per heavy atom. The summed E-state index contributed by atoms with van der Waals surface area (Å²) in [5.74, 6) is -2.20. The van der Waals surface area contributed by atoms with Crippen LogP contribution < -0.4 is 5.32 Å². The molecule has 0 aliphatic carbocycles. The van der Waals surface area contributed by atoms with Gasteiger partial charge in [0.15, 0.2) is 11.6 Å². The molecule has 0 radical (unpaired) electrons. The van der Waals surface area contributed by atoms with Crippen molar-refractivity contribution in [3.8, 4) is 0 Å². The normalized spacial score (nSPS) is 10.4. The maximum atomic E-state index is 13.7. The first kappa shape index (κ1) is 15.0. The number of rotatable bonds is 3. The van der Waals surface area contributed by atoms with E-state index in [2.05, 4.69) is 21.2 Å². The summed E-state index contributed by atoms with van der Waals surface area (Å²) < 4.78 is 27.6. The van der Waals surface area contributed by atoms with Crippen molar-refractivity contribution in [2.24, 2.45) is 0 Å². The van der Waals surface area contributed by atoms with E-state index < -0.39 is 23.2 Å². The summed E-state index contributed by atoms with van der Waals surface area (Å²) >= 11 is 4.37. The topological polar surface area (TPSA) is 29.1 Å². The quantitative estimate of drug-likeness (QED) is 0.806. The highest BCUT2D eigenvalue weighted by molar-refractivity contribution is 9.10. The van der Waals surface area contributed by atoms with Crippen LogP contribution in [0.2, 0.25) is 0 Å². The fourth-order valence-corrected chi connectivity index (χ4v) is 2.67. The fourth-order valence-electron chi connectivity index (χ4n) is 1.67. The number of nitrogens with one attached hydrogen (secondary N) is 1. The second-order valence-corrected chi connectivity index (χ2v) is 5.66. The van der Waals surface area contributed by atoms with Crippen molar-refractivity contribution in [1.82, 2.24) is 0 Å². The van der Waals surface area contributed by atoms with Gasteiger partial charge in [-0.05, 0) is 30.5 Å². The molecule has 1 N–H and O–H groups in total. The second kappa shape index (κ2) is 6.37. The summed E-state index contributed by atoms with van der Waals surface area (Å²) in [6, 6.07) is 9.06. The van der Waals surface area contributed by atoms with Crippen LogP contribution in [0.25, 0.3) is 0 Å². The zero-order valence-electron chi connectivity index (χ0n) is 10.4. The number of halogens is 3. The molecule has 2 aromatic carbocycles. The van der Waals surface area contributed by atoms with Gasteiger partial charge in [0.2, 0.25) is 0 Å². The van der Waals surface area contributed by atoms with E-state index in [0.29, 0.717) is 5.56 Å². The highest BCUT2D eigenvalue weighted by Crippen LogP contribution is 2.26. The third-order valence-corrected chi connectivity index (χ3v) is 3.85. The molecular formula is C14H10BrF2NOS. The van der Waals surface area contributed by atoms with Crippen molar-refractivity contribution in [2.75, 3.05) is 11.6 Å². The lowest BCUT2D eigenvalue weighted by atomic mass is 10.2. The predicted octanol–water partition coefficient (Wildman–Crippen LogP) is 4.70. The lowest BCUT2D eigenvalue weighted by Crippen LogP contribution is -2.15. The number of amides is 1. The zero-order chi connectivity index (χ0) is 14.7. The molecule has 20 heavy (non-hydrogen) atoms. The average Bonchev–Trinajstić information content (AvgIpc) is 2.42. The Morgan fingerprint density at radius 2 is 1.80 bits per heavy atom. The standard InChI is InChI=1S/C14H10BrF2NOS/c1-20-12-5-3-2-4-9(12)14(19)18-13-10(16)6-8(15)7-11(13)17/h2-7H,1H3,(H,18,19). The van der Waals surface area contributed by atoms with Gasteiger partial charge in [0.05, 0.1) is 5.56 Å². The second-order valence-electron chi connectivity index (χ2n) is 3.90. The summed E-state index contributed by atoms with van der Waals surface area (Å²) in [6.45, 7) is 0. The van der Waals surface area contributed by atoms with Gasteiger partial charge in [0, 0.05) is 9.37 Å². The number of thioether (sulfide) groups is 1. The van der Waals surface area contributed by atoms with Crippen molar-refractivity contribution in [3.63, 3.8) is 0 Å². The summed E-state index contributed by atoms with van der Waals surface area (Å²) in [6.07, 6.45) is 1.83. The van der Waals surface area contributed by atoms with E-state index >= 15 is 0 Å². The first-order valence-electron chi connectivity index (χ1n) is 5.62. The van der Waals surface area contributed by atoms with Crippen molar-refractivity contribution in [1.29, 1.82) is 0 Å². The van der Waals surface area contributed by atoms with Gasteiger partial charge in [-0.3, -0.25) is 4.79 Å². The molecule has 2 rings (SSSR count). The smallest absolute Gasteiger partial charge is 0.256 e. The SMILES string of the molecule is CSc1ccccc1C(=O)Nc1c(F)cc(Br)cc1F. The van der Waals surface area contributed by atoms with Crippen molar-refractivity contribution < 1.29 is 13.6 Å². The third kappa shape index (κ3) is 3.19. The molecular weight excluding hydrogens is 348 g/mol. The third-order valence-electron chi connectivity index (χ3n) is 2.60. The molecule has 1 amide bonds. The molecule has 0 atom stereocenters. The van der Waals surface area contributed by atoms with E-state index in [1.165, 1.54) is 11.8 Å². The first-order chi connectivity index (χ1) is 9.52. The molecule has 0 saturated carbocycles. The Bertz CT molecular complexity index is 640. The lowest BCUT2D eigenvalue weighted by Gasteiger charge is -2.10. The molecule has 104 valence electrons. The van der Waals surface area contributed by atoms with Crippen LogP contribution >= 0.6 is 27.7 Å². The number of carbonyl (C=O) groups excluding carboxylic acids is 1. The van der Waals surface area contributed by atoms with Gasteiger partial charge in [-0.25, -0.2) is 8.78 Å². The van der Waals surface area contributed by atoms with E-state index in [4.69, 9.17) is 0 Å². The van der Waals surface area contributed by atoms with Gasteiger partial charge in [-0.2, -0.15) is 0 Å². The molecule has 0 spiro atoms. The molecule has 0 unspecified atom stereocenters. The first-order valence-corrected chi connectivity index (χ1v) is 7.63. The van der Waals surface area contributed by atoms with Crippen LogP contribution in [0.1, 0.15) is 10.4 Å². The summed E-state index contributed by atoms with van der Waals surface area (Å²) in [4.78, 5) is 12.9. The van der Waals surface area contributed by atoms with Crippen molar-refractivity contribution in [3.05, 3.63) is 58.1 Å². The summed E-state index contributed by atoms with van der Waals surface area (Å²) in [7, 11) is 0. The maximum Gasteiger partial charge on any atom is 0.256 e. The molecule has 0 saturated heterocycles. The largest absolute Gasteiger partial charge is 0.317 e. The van der Waals surface area contributed by atoms with Crippen LogP contribution in [-0.2, 0) is 0 Å². The number of anilines is 1. The minimum atomic E-state index is -0.827. The van der Waals surface area contributed by atoms with E-state index in [1.807, 2.05) is 6.26 Å². The molecule has 2 aromatic rings. The van der Waals surface area contributed by atoms with Crippen LogP contribution in [0.4, 0.5) is 14.5 Å². The van der Waals surface area contributed by atoms with Crippen LogP contribution in [-0.4, -0.2) is 12.2 Å². The van der Waals surface area contributed by atoms with Crippen LogP contribution in [0, 0.1) is 11.6 Å². The van der Waals surface area contributed by atoms with Crippen LogP contribution in [0.5, 0.6) is 0 Å². The number of carbonyl (C=O) groups is 1. The molecule has 6 heteroatoms. The van der Waals surface area contributed by atoms with Gasteiger partial charge < -0.3 is 5.32 Å². The van der Waals surface area contributed by atoms with Gasteiger partial charge in [0.25, 0.3) is 5.91 Å². The maximum absolute atomic E-state index is 13.7. The monoisotopic (exact) mass is 357 g/mol. The van der Waals surface area contributed by atoms with Gasteiger partial charge in [-0.15, -0.1) is 11.8 Å². The molecule has 0 aliphatic rings. The summed E-state index contributed by atoms with van der Waals surface area (Å²) in [5, 5.41) is 2.27. The molecule has 0 aromatic heterocycles. The van der Waals surface area contributed by atoms with Crippen LogP contribution in [0.15, 0.2) is 45.8 Å². The highest BCUT2D eigenvalue weighted by atomic mass is 79.9. The molecule has 0 heterocycles. The van der Waals surface area contributed by atoms with Gasteiger partial charge in [-0.1, -0.05) is 28.1 Å². The average molecular weight is 358 g/mol. The van der Waals surface area contributed by atoms with Gasteiger partial charge in [0.1, 0.15) is 5.69 Å². The Hall–Kier alpha value is -1.40. The predicted molar refractivity (Wildman–Crippen MR) is 80.2 cm³/mol. The minimum Gasteiger partial charge on any atom is -0.317 e. The Labute approximate surface area is 127 Å². The van der Waals surface area contributed by atoms with Crippen molar-refractivity contribution >= 4 is 39.3 Å². The lowest BCUT2D eigenvalue weighted by molar-refractivity contribution is 0.102. The summed E-state index contributed by atoms with van der Waals surface area (Å²) in [5.41, 5.74) is -0.0733. The van der Waals surface area contributed by atoms with E-state index in [1.54, 1.807) is 24.3 Å². The highest BCUT2D eigenvalue weighted by Gasteiger charge is 2.16. The zero-order valence-corrected chi connectivity index (χ0v) is 12.8. The number of hydrogen-bond donors (Lipinski definition) is 1. The van der Waals surface area contributed by atoms with E-state index in [9.17, 15) is 13.6 Å². The van der Waals surface area contributed by atoms with E-state index in [-0.39, 0.29) is 4.47 Å². The van der Waals surface area contributed by atoms with E-state index in [0.717, 1.165) is 17.0 Å². The Balaban J connectivity index is 2.33. The molecule has 0 bridgehead atoms. The molecule has 2 nitrogen and oxygen atoms in total. The van der Waals surface area contributed by atoms with Crippen molar-refractivity contribution in [2.45, 2.75) is 4.90 Å². The number of benzene rings is 2. The fraction of sp³-hybridized carbons (Fsp3) is 0.0714. The molecule has 0 fully saturated rings. The number of hydrogen-bond acceptors (Lipinski definition) is 2. The molecule has 0 aliphatic heterocycles. The Morgan fingerprint density at radius 3 is 2.40 bits per heavy atom. The van der Waals surface area contributed by atoms with Crippen LogP contribution in [0.3, 0.4) is 0 Å². The van der Waals surface area contributed by atoms with Gasteiger partial charge >= 0.3 is 0 Å². The minimum absolute atomic E-state index is 0.273. The Kier molecular flexibility index (Phi) is 4.77.